The largest absolute Gasteiger partial charge is 2.00 e. The molecule has 0 atom stereocenters. The van der Waals surface area contributed by atoms with Gasteiger partial charge in [0, 0.05) is 6.20 Å². The predicted octanol–water partition coefficient (Wildman–Crippen LogP) is 5.14. The summed E-state index contributed by atoms with van der Waals surface area (Å²) < 4.78 is 0. The first-order chi connectivity index (χ1) is 14.2. The van der Waals surface area contributed by atoms with Gasteiger partial charge in [-0.1, -0.05) is 18.2 Å². The fourth-order valence-corrected chi connectivity index (χ4v) is 2.46. The molecule has 4 aromatic rings. The second-order valence-corrected chi connectivity index (χ2v) is 5.83. The molecular formula is C24H15N3O2Pt. The molecule has 0 N–H and O–H groups in total. The number of benzene rings is 2. The molecule has 0 spiro atoms. The van der Waals surface area contributed by atoms with Crippen molar-refractivity contribution in [2.24, 2.45) is 0 Å². The minimum atomic E-state index is -0.478. The minimum absolute atomic E-state index is 0. The van der Waals surface area contributed by atoms with Gasteiger partial charge in [0.1, 0.15) is 0 Å². The van der Waals surface area contributed by atoms with Gasteiger partial charge in [-0.25, -0.2) is 0 Å². The van der Waals surface area contributed by atoms with Crippen molar-refractivity contribution >= 4 is 5.69 Å². The Balaban J connectivity index is 0.000000232. The monoisotopic (exact) mass is 572 g/mol. The Morgan fingerprint density at radius 2 is 1.57 bits per heavy atom. The third kappa shape index (κ3) is 6.20. The molecule has 6 heteroatoms. The second kappa shape index (κ2) is 11.4. The van der Waals surface area contributed by atoms with Crippen LogP contribution in [0.15, 0.2) is 91.1 Å². The number of nitrogens with zero attached hydrogens (tertiary/aromatic N) is 3. The maximum absolute atomic E-state index is 10.1. The van der Waals surface area contributed by atoms with Gasteiger partial charge in [0.15, 0.2) is 0 Å². The Morgan fingerprint density at radius 1 is 0.867 bits per heavy atom. The molecule has 0 bridgehead atoms. The average molecular weight is 572 g/mol. The third-order valence-corrected chi connectivity index (χ3v) is 3.88. The zero-order valence-corrected chi connectivity index (χ0v) is 17.9. The van der Waals surface area contributed by atoms with Crippen LogP contribution in [0.2, 0.25) is 0 Å². The predicted molar refractivity (Wildman–Crippen MR) is 111 cm³/mol. The van der Waals surface area contributed by atoms with Crippen LogP contribution >= 0.6 is 0 Å². The van der Waals surface area contributed by atoms with E-state index in [1.807, 2.05) is 60.7 Å². The van der Waals surface area contributed by atoms with Crippen molar-refractivity contribution in [1.82, 2.24) is 9.97 Å². The van der Waals surface area contributed by atoms with Gasteiger partial charge in [-0.3, -0.25) is 26.0 Å². The Kier molecular flexibility index (Phi) is 8.62. The van der Waals surface area contributed by atoms with Gasteiger partial charge in [0.2, 0.25) is 0 Å². The van der Waals surface area contributed by atoms with Crippen molar-refractivity contribution in [3.8, 4) is 28.6 Å². The number of rotatable bonds is 3. The standard InChI is InChI=1S/C16H11N2.C8H4NO2.Pt/c1-2-7-13(8-3-1)14-10-6-11-16(18-14)15-9-4-5-12-17-15;1-2-7-3-5-8(6-4-7)9(10)11;/h1-7,9-12H;3-6H;/q2*-1;+2. The van der Waals surface area contributed by atoms with Crippen molar-refractivity contribution in [1.29, 1.82) is 0 Å². The molecule has 0 aliphatic carbocycles. The molecule has 2 heterocycles. The quantitative estimate of drug-likeness (QED) is 0.148. The van der Waals surface area contributed by atoms with E-state index >= 15 is 0 Å². The Bertz CT molecular complexity index is 1070. The average Bonchev–Trinajstić information content (AvgIpc) is 2.81. The molecule has 148 valence electrons. The van der Waals surface area contributed by atoms with Crippen LogP contribution in [-0.4, -0.2) is 14.9 Å². The summed E-state index contributed by atoms with van der Waals surface area (Å²) in [5, 5.41) is 10.1. The molecular weight excluding hydrogens is 557 g/mol. The van der Waals surface area contributed by atoms with Crippen LogP contribution in [0.4, 0.5) is 5.69 Å². The van der Waals surface area contributed by atoms with Gasteiger partial charge in [0.05, 0.1) is 16.3 Å². The smallest absolute Gasteiger partial charge is 0.366 e. The molecule has 4 rings (SSSR count). The van der Waals surface area contributed by atoms with Gasteiger partial charge in [-0.2, -0.15) is 0 Å². The van der Waals surface area contributed by atoms with E-state index in [1.54, 1.807) is 6.20 Å². The molecule has 0 amide bonds. The van der Waals surface area contributed by atoms with Crippen LogP contribution in [0.5, 0.6) is 0 Å². The van der Waals surface area contributed by atoms with Crippen molar-refractivity contribution in [2.45, 2.75) is 0 Å². The molecule has 5 nitrogen and oxygen atoms in total. The SMILES string of the molecule is [C-]#Cc1ccc([N+](=O)[O-])cc1.[Pt+2].[c-]1ccccc1-c1cccc(-c2ccccn2)n1. The maximum Gasteiger partial charge on any atom is 2.00 e. The zero-order chi connectivity index (χ0) is 20.5. The molecule has 0 saturated carbocycles. The first-order valence-electron chi connectivity index (χ1n) is 8.70. The van der Waals surface area contributed by atoms with E-state index in [4.69, 9.17) is 6.42 Å². The fourth-order valence-electron chi connectivity index (χ4n) is 2.46. The van der Waals surface area contributed by atoms with Gasteiger partial charge in [-0.05, 0) is 36.0 Å². The summed E-state index contributed by atoms with van der Waals surface area (Å²) in [5.41, 5.74) is 4.24. The van der Waals surface area contributed by atoms with Crippen molar-refractivity contribution in [2.75, 3.05) is 0 Å². The van der Waals surface area contributed by atoms with E-state index in [2.05, 4.69) is 22.0 Å². The van der Waals surface area contributed by atoms with Crippen LogP contribution < -0.4 is 0 Å². The first-order valence-corrected chi connectivity index (χ1v) is 8.70. The minimum Gasteiger partial charge on any atom is -0.366 e. The number of hydrogen-bond donors (Lipinski definition) is 0. The summed E-state index contributed by atoms with van der Waals surface area (Å²) in [5.74, 6) is 2.12. The molecule has 0 radical (unpaired) electrons. The molecule has 30 heavy (non-hydrogen) atoms. The summed E-state index contributed by atoms with van der Waals surface area (Å²) >= 11 is 0. The topological polar surface area (TPSA) is 68.9 Å². The summed E-state index contributed by atoms with van der Waals surface area (Å²) in [7, 11) is 0. The normalized spacial score (nSPS) is 9.30. The maximum atomic E-state index is 10.1. The van der Waals surface area contributed by atoms with Crippen molar-refractivity contribution in [3.05, 3.63) is 119 Å². The third-order valence-electron chi connectivity index (χ3n) is 3.88. The van der Waals surface area contributed by atoms with Crippen LogP contribution in [0.1, 0.15) is 5.56 Å². The van der Waals surface area contributed by atoms with E-state index in [1.165, 1.54) is 24.3 Å². The molecule has 0 unspecified atom stereocenters. The molecule has 0 saturated heterocycles. The molecule has 0 fully saturated rings. The number of aromatic nitrogens is 2. The van der Waals surface area contributed by atoms with E-state index in [0.717, 1.165) is 22.6 Å². The number of non-ortho nitro benzene ring substituents is 1. The second-order valence-electron chi connectivity index (χ2n) is 5.83. The van der Waals surface area contributed by atoms with Gasteiger partial charge < -0.3 is 6.42 Å². The molecule has 2 aromatic carbocycles. The van der Waals surface area contributed by atoms with E-state index in [-0.39, 0.29) is 26.8 Å². The first kappa shape index (κ1) is 22.7. The Hall–Kier alpha value is -3.61. The van der Waals surface area contributed by atoms with E-state index < -0.39 is 4.92 Å². The number of nitro groups is 1. The summed E-state index contributed by atoms with van der Waals surface area (Å²) in [6, 6.07) is 28.4. The van der Waals surface area contributed by atoms with Gasteiger partial charge >= 0.3 is 21.1 Å². The number of pyridine rings is 2. The van der Waals surface area contributed by atoms with Crippen molar-refractivity contribution in [3.63, 3.8) is 0 Å². The van der Waals surface area contributed by atoms with Crippen LogP contribution in [0.3, 0.4) is 0 Å². The summed E-state index contributed by atoms with van der Waals surface area (Å²) in [6.07, 6.45) is 8.48. The van der Waals surface area contributed by atoms with Gasteiger partial charge in [0.25, 0.3) is 5.69 Å². The van der Waals surface area contributed by atoms with Crippen LogP contribution in [0, 0.1) is 28.5 Å². The summed E-state index contributed by atoms with van der Waals surface area (Å²) in [4.78, 5) is 18.6. The Labute approximate surface area is 189 Å². The van der Waals surface area contributed by atoms with Crippen LogP contribution in [0.25, 0.3) is 22.6 Å². The van der Waals surface area contributed by atoms with Crippen LogP contribution in [-0.2, 0) is 21.1 Å². The molecule has 2 aromatic heterocycles. The van der Waals surface area contributed by atoms with E-state index in [9.17, 15) is 10.1 Å². The van der Waals surface area contributed by atoms with E-state index in [0.29, 0.717) is 5.56 Å². The molecule has 0 aliphatic rings. The number of hydrogen-bond acceptors (Lipinski definition) is 4. The van der Waals surface area contributed by atoms with Gasteiger partial charge in [-0.15, -0.1) is 53.6 Å². The van der Waals surface area contributed by atoms with Crippen molar-refractivity contribution < 1.29 is 26.0 Å². The fraction of sp³-hybridized carbons (Fsp3) is 0. The zero-order valence-electron chi connectivity index (χ0n) is 15.6. The Morgan fingerprint density at radius 3 is 2.17 bits per heavy atom. The number of nitro benzene ring substituents is 1. The molecule has 0 aliphatic heterocycles. The summed E-state index contributed by atoms with van der Waals surface area (Å²) in [6.45, 7) is 0.